The van der Waals surface area contributed by atoms with E-state index in [1.165, 1.54) is 17.4 Å². The highest BCUT2D eigenvalue weighted by Crippen LogP contribution is 2.17. The van der Waals surface area contributed by atoms with Crippen LogP contribution >= 0.6 is 11.3 Å². The summed E-state index contributed by atoms with van der Waals surface area (Å²) in [6, 6.07) is 15.6. The first-order valence-electron chi connectivity index (χ1n) is 8.91. The molecule has 0 spiro atoms. The smallest absolute Gasteiger partial charge is 0.338 e. The summed E-state index contributed by atoms with van der Waals surface area (Å²) in [6.45, 7) is 3.41. The fraction of sp³-hybridized carbons (Fsp3) is 0.136. The largest absolute Gasteiger partial charge is 0.452 e. The Morgan fingerprint density at radius 3 is 2.55 bits per heavy atom. The summed E-state index contributed by atoms with van der Waals surface area (Å²) >= 11 is 1.33. The Hall–Kier alpha value is -3.45. The fourth-order valence-corrected chi connectivity index (χ4v) is 3.21. The number of hydrogen-bond donors (Lipinski definition) is 2. The van der Waals surface area contributed by atoms with Gasteiger partial charge in [0.1, 0.15) is 0 Å². The van der Waals surface area contributed by atoms with E-state index >= 15 is 0 Å². The fourth-order valence-electron chi connectivity index (χ4n) is 2.60. The molecule has 0 radical (unpaired) electrons. The van der Waals surface area contributed by atoms with E-state index < -0.39 is 18.5 Å². The van der Waals surface area contributed by atoms with Crippen molar-refractivity contribution in [2.75, 3.05) is 17.2 Å². The molecular formula is C22H20N2O4S. The molecule has 0 bridgehead atoms. The van der Waals surface area contributed by atoms with Gasteiger partial charge in [-0.25, -0.2) is 4.79 Å². The zero-order valence-electron chi connectivity index (χ0n) is 16.0. The third kappa shape index (κ3) is 5.52. The molecule has 3 aromatic rings. The molecule has 1 aromatic heterocycles. The first-order valence-corrected chi connectivity index (χ1v) is 9.79. The van der Waals surface area contributed by atoms with Crippen molar-refractivity contribution >= 4 is 40.5 Å². The van der Waals surface area contributed by atoms with Crippen molar-refractivity contribution in [3.8, 4) is 0 Å². The number of carbonyl (C=O) groups is 3. The van der Waals surface area contributed by atoms with Crippen molar-refractivity contribution in [2.24, 2.45) is 0 Å². The standard InChI is InChI=1S/C22H20N2O4S/c1-14-8-9-15(2)18(11-14)24-20(25)13-28-22(27)16-5-3-6-17(12-16)23-21(26)19-7-4-10-29-19/h3-12H,13H2,1-2H3,(H,23,26)(H,24,25). The van der Waals surface area contributed by atoms with Crippen molar-refractivity contribution in [3.05, 3.63) is 81.5 Å². The van der Waals surface area contributed by atoms with Crippen LogP contribution in [0.3, 0.4) is 0 Å². The van der Waals surface area contributed by atoms with Crippen molar-refractivity contribution in [3.63, 3.8) is 0 Å². The predicted octanol–water partition coefficient (Wildman–Crippen LogP) is 4.41. The minimum absolute atomic E-state index is 0.244. The van der Waals surface area contributed by atoms with Crippen LogP contribution in [0.2, 0.25) is 0 Å². The van der Waals surface area contributed by atoms with Crippen LogP contribution in [-0.4, -0.2) is 24.4 Å². The summed E-state index contributed by atoms with van der Waals surface area (Å²) < 4.78 is 5.10. The molecule has 0 fully saturated rings. The van der Waals surface area contributed by atoms with Crippen LogP contribution in [0.1, 0.15) is 31.2 Å². The topological polar surface area (TPSA) is 84.5 Å². The number of hydrogen-bond acceptors (Lipinski definition) is 5. The molecular weight excluding hydrogens is 388 g/mol. The molecule has 0 saturated heterocycles. The number of ether oxygens (including phenoxy) is 1. The van der Waals surface area contributed by atoms with Gasteiger partial charge >= 0.3 is 5.97 Å². The highest BCUT2D eigenvalue weighted by molar-refractivity contribution is 7.12. The summed E-state index contributed by atoms with van der Waals surface area (Å²) in [6.07, 6.45) is 0. The predicted molar refractivity (Wildman–Crippen MR) is 114 cm³/mol. The maximum atomic E-state index is 12.3. The quantitative estimate of drug-likeness (QED) is 0.592. The van der Waals surface area contributed by atoms with E-state index in [4.69, 9.17) is 4.74 Å². The molecule has 148 valence electrons. The number of anilines is 2. The normalized spacial score (nSPS) is 10.3. The lowest BCUT2D eigenvalue weighted by atomic mass is 10.1. The van der Waals surface area contributed by atoms with Crippen LogP contribution in [0, 0.1) is 13.8 Å². The minimum atomic E-state index is -0.645. The summed E-state index contributed by atoms with van der Waals surface area (Å²) in [4.78, 5) is 37.1. The van der Waals surface area contributed by atoms with Crippen LogP contribution in [0.25, 0.3) is 0 Å². The van der Waals surface area contributed by atoms with Gasteiger partial charge < -0.3 is 15.4 Å². The van der Waals surface area contributed by atoms with Gasteiger partial charge in [0.2, 0.25) is 0 Å². The van der Waals surface area contributed by atoms with Crippen LogP contribution in [0.4, 0.5) is 11.4 Å². The number of carbonyl (C=O) groups excluding carboxylic acids is 3. The number of nitrogens with one attached hydrogen (secondary N) is 2. The SMILES string of the molecule is Cc1ccc(C)c(NC(=O)COC(=O)c2cccc(NC(=O)c3cccs3)c2)c1. The van der Waals surface area contributed by atoms with Crippen molar-refractivity contribution in [1.82, 2.24) is 0 Å². The lowest BCUT2D eigenvalue weighted by Gasteiger charge is -2.10. The molecule has 6 nitrogen and oxygen atoms in total. The van der Waals surface area contributed by atoms with E-state index in [1.54, 1.807) is 30.3 Å². The molecule has 3 rings (SSSR count). The van der Waals surface area contributed by atoms with E-state index in [0.717, 1.165) is 11.1 Å². The van der Waals surface area contributed by atoms with Gasteiger partial charge in [-0.1, -0.05) is 24.3 Å². The molecule has 29 heavy (non-hydrogen) atoms. The number of amides is 2. The zero-order valence-corrected chi connectivity index (χ0v) is 16.8. The number of rotatable bonds is 6. The number of aryl methyl sites for hydroxylation is 2. The van der Waals surface area contributed by atoms with Gasteiger partial charge in [0.25, 0.3) is 11.8 Å². The third-order valence-corrected chi connectivity index (χ3v) is 4.97. The van der Waals surface area contributed by atoms with Gasteiger partial charge in [0, 0.05) is 11.4 Å². The van der Waals surface area contributed by atoms with Gasteiger partial charge in [0.15, 0.2) is 6.61 Å². The van der Waals surface area contributed by atoms with Crippen LogP contribution in [-0.2, 0) is 9.53 Å². The second-order valence-electron chi connectivity index (χ2n) is 6.45. The molecule has 0 saturated carbocycles. The molecule has 1 heterocycles. The molecule has 0 aliphatic heterocycles. The Kier molecular flexibility index (Phi) is 6.41. The third-order valence-electron chi connectivity index (χ3n) is 4.10. The molecule has 0 aliphatic rings. The van der Waals surface area contributed by atoms with Crippen LogP contribution < -0.4 is 10.6 Å². The molecule has 0 atom stereocenters. The Morgan fingerprint density at radius 1 is 0.966 bits per heavy atom. The summed E-state index contributed by atoms with van der Waals surface area (Å²) in [7, 11) is 0. The van der Waals surface area contributed by atoms with Gasteiger partial charge in [-0.2, -0.15) is 0 Å². The molecule has 7 heteroatoms. The highest BCUT2D eigenvalue weighted by atomic mass is 32.1. The van der Waals surface area contributed by atoms with Gasteiger partial charge in [-0.15, -0.1) is 11.3 Å². The highest BCUT2D eigenvalue weighted by Gasteiger charge is 2.13. The number of thiophene rings is 1. The Labute approximate surface area is 172 Å². The monoisotopic (exact) mass is 408 g/mol. The molecule has 2 aromatic carbocycles. The first kappa shape index (κ1) is 20.3. The lowest BCUT2D eigenvalue weighted by molar-refractivity contribution is -0.119. The first-order chi connectivity index (χ1) is 13.9. The maximum Gasteiger partial charge on any atom is 0.338 e. The van der Waals surface area contributed by atoms with Gasteiger partial charge in [-0.05, 0) is 60.7 Å². The Morgan fingerprint density at radius 2 is 1.79 bits per heavy atom. The minimum Gasteiger partial charge on any atom is -0.452 e. The molecule has 2 amide bonds. The number of benzene rings is 2. The van der Waals surface area contributed by atoms with Crippen molar-refractivity contribution in [1.29, 1.82) is 0 Å². The zero-order chi connectivity index (χ0) is 20.8. The van der Waals surface area contributed by atoms with E-state index in [9.17, 15) is 14.4 Å². The van der Waals surface area contributed by atoms with E-state index in [-0.39, 0.29) is 11.5 Å². The Balaban J connectivity index is 1.57. The number of esters is 1. The van der Waals surface area contributed by atoms with Crippen LogP contribution in [0.5, 0.6) is 0 Å². The van der Waals surface area contributed by atoms with E-state index in [2.05, 4.69) is 10.6 Å². The van der Waals surface area contributed by atoms with E-state index in [1.807, 2.05) is 37.4 Å². The average Bonchev–Trinajstić information content (AvgIpc) is 3.24. The molecule has 0 aliphatic carbocycles. The summed E-state index contributed by atoms with van der Waals surface area (Å²) in [5, 5.41) is 7.28. The summed E-state index contributed by atoms with van der Waals surface area (Å²) in [5.74, 6) is -1.32. The second-order valence-corrected chi connectivity index (χ2v) is 7.40. The van der Waals surface area contributed by atoms with Crippen LogP contribution in [0.15, 0.2) is 60.0 Å². The van der Waals surface area contributed by atoms with Crippen molar-refractivity contribution < 1.29 is 19.1 Å². The Bertz CT molecular complexity index is 1040. The van der Waals surface area contributed by atoms with E-state index in [0.29, 0.717) is 16.3 Å². The summed E-state index contributed by atoms with van der Waals surface area (Å²) in [5.41, 5.74) is 3.34. The van der Waals surface area contributed by atoms with Gasteiger partial charge in [0.05, 0.1) is 10.4 Å². The molecule has 0 unspecified atom stereocenters. The lowest BCUT2D eigenvalue weighted by Crippen LogP contribution is -2.21. The second kappa shape index (κ2) is 9.16. The average molecular weight is 408 g/mol. The van der Waals surface area contributed by atoms with Gasteiger partial charge in [-0.3, -0.25) is 9.59 Å². The van der Waals surface area contributed by atoms with Crippen molar-refractivity contribution in [2.45, 2.75) is 13.8 Å². The maximum absolute atomic E-state index is 12.3. The molecule has 2 N–H and O–H groups in total.